The van der Waals surface area contributed by atoms with Crippen LogP contribution in [0.25, 0.3) is 0 Å². The Morgan fingerprint density at radius 3 is 2.79 bits per heavy atom. The van der Waals surface area contributed by atoms with Gasteiger partial charge in [-0.05, 0) is 42.9 Å². The number of halogens is 2. The average molecular weight is 302 g/mol. The molecule has 19 heavy (non-hydrogen) atoms. The quantitative estimate of drug-likeness (QED) is 0.837. The maximum Gasteiger partial charge on any atom is 0.255 e. The van der Waals surface area contributed by atoms with E-state index in [0.29, 0.717) is 29.3 Å². The molecule has 104 valence electrons. The summed E-state index contributed by atoms with van der Waals surface area (Å²) >= 11 is 11.6. The minimum atomic E-state index is -0.269. The van der Waals surface area contributed by atoms with Gasteiger partial charge in [-0.2, -0.15) is 0 Å². The van der Waals surface area contributed by atoms with E-state index >= 15 is 0 Å². The third-order valence-electron chi connectivity index (χ3n) is 3.74. The first-order valence-electron chi connectivity index (χ1n) is 6.44. The second-order valence-electron chi connectivity index (χ2n) is 4.98. The number of alkyl halides is 1. The molecule has 2 rings (SSSR count). The van der Waals surface area contributed by atoms with Crippen molar-refractivity contribution in [3.63, 3.8) is 0 Å². The fraction of sp³-hybridized carbons (Fsp3) is 0.500. The Kier molecular flexibility index (Phi) is 4.94. The molecule has 1 aliphatic carbocycles. The summed E-state index contributed by atoms with van der Waals surface area (Å²) in [6.07, 6.45) is 3.41. The number of carbonyl (C=O) groups excluding carboxylic acids is 1. The molecule has 1 aliphatic rings. The first-order chi connectivity index (χ1) is 9.11. The largest absolute Gasteiger partial charge is 0.507 e. The van der Waals surface area contributed by atoms with E-state index in [9.17, 15) is 9.90 Å². The second kappa shape index (κ2) is 6.49. The zero-order valence-electron chi connectivity index (χ0n) is 10.5. The molecule has 1 amide bonds. The van der Waals surface area contributed by atoms with Gasteiger partial charge in [0, 0.05) is 17.4 Å². The standard InChI is InChI=1S/C14H17Cl2NO2/c15-7-9-2-1-3-10(9)8-17-14(19)12-5-4-11(16)6-13(12)18/h4-6,9-10,18H,1-3,7-8H2,(H,17,19). The van der Waals surface area contributed by atoms with Gasteiger partial charge in [-0.15, -0.1) is 11.6 Å². The maximum atomic E-state index is 12.0. The Balaban J connectivity index is 1.94. The van der Waals surface area contributed by atoms with E-state index in [0.717, 1.165) is 12.8 Å². The molecule has 0 aromatic heterocycles. The van der Waals surface area contributed by atoms with Gasteiger partial charge in [-0.25, -0.2) is 0 Å². The summed E-state index contributed by atoms with van der Waals surface area (Å²) in [5.41, 5.74) is 0.254. The third-order valence-corrected chi connectivity index (χ3v) is 4.38. The van der Waals surface area contributed by atoms with E-state index in [2.05, 4.69) is 5.32 Å². The highest BCUT2D eigenvalue weighted by Crippen LogP contribution is 2.32. The van der Waals surface area contributed by atoms with Crippen LogP contribution in [0.3, 0.4) is 0 Å². The molecule has 1 fully saturated rings. The summed E-state index contributed by atoms with van der Waals surface area (Å²) in [7, 11) is 0. The Hall–Kier alpha value is -0.930. The number of aromatic hydroxyl groups is 1. The van der Waals surface area contributed by atoms with Crippen molar-refractivity contribution < 1.29 is 9.90 Å². The van der Waals surface area contributed by atoms with Gasteiger partial charge in [0.1, 0.15) is 5.75 Å². The van der Waals surface area contributed by atoms with E-state index in [4.69, 9.17) is 23.2 Å². The van der Waals surface area contributed by atoms with Gasteiger partial charge in [0.2, 0.25) is 0 Å². The summed E-state index contributed by atoms with van der Waals surface area (Å²) in [6.45, 7) is 0.609. The van der Waals surface area contributed by atoms with Gasteiger partial charge in [0.15, 0.2) is 0 Å². The van der Waals surface area contributed by atoms with Crippen molar-refractivity contribution in [2.75, 3.05) is 12.4 Å². The van der Waals surface area contributed by atoms with Crippen LogP contribution in [0.15, 0.2) is 18.2 Å². The number of phenols is 1. The Labute approximate surface area is 122 Å². The van der Waals surface area contributed by atoms with Crippen molar-refractivity contribution in [2.24, 2.45) is 11.8 Å². The Morgan fingerprint density at radius 1 is 1.37 bits per heavy atom. The van der Waals surface area contributed by atoms with Crippen LogP contribution < -0.4 is 5.32 Å². The maximum absolute atomic E-state index is 12.0. The molecule has 0 radical (unpaired) electrons. The number of phenolic OH excluding ortho intramolecular Hbond substituents is 1. The topological polar surface area (TPSA) is 49.3 Å². The van der Waals surface area contributed by atoms with Gasteiger partial charge in [0.05, 0.1) is 5.56 Å². The molecule has 3 nitrogen and oxygen atoms in total. The van der Waals surface area contributed by atoms with Gasteiger partial charge in [-0.3, -0.25) is 4.79 Å². The molecule has 2 N–H and O–H groups in total. The highest BCUT2D eigenvalue weighted by molar-refractivity contribution is 6.30. The molecule has 0 spiro atoms. The van der Waals surface area contributed by atoms with Crippen molar-refractivity contribution in [1.29, 1.82) is 0 Å². The summed E-state index contributed by atoms with van der Waals surface area (Å²) < 4.78 is 0. The molecule has 0 saturated heterocycles. The number of carbonyl (C=O) groups is 1. The predicted molar refractivity (Wildman–Crippen MR) is 77.0 cm³/mol. The van der Waals surface area contributed by atoms with Crippen LogP contribution in [-0.2, 0) is 0 Å². The minimum absolute atomic E-state index is 0.0923. The number of hydrogen-bond acceptors (Lipinski definition) is 2. The van der Waals surface area contributed by atoms with Crippen LogP contribution in [0.5, 0.6) is 5.75 Å². The van der Waals surface area contributed by atoms with Crippen molar-refractivity contribution >= 4 is 29.1 Å². The van der Waals surface area contributed by atoms with Crippen LogP contribution >= 0.6 is 23.2 Å². The number of amides is 1. The van der Waals surface area contributed by atoms with Gasteiger partial charge in [0.25, 0.3) is 5.91 Å². The molecule has 0 bridgehead atoms. The van der Waals surface area contributed by atoms with Gasteiger partial charge >= 0.3 is 0 Å². The molecule has 1 aromatic rings. The summed E-state index contributed by atoms with van der Waals surface area (Å²) in [6, 6.07) is 4.49. The number of rotatable bonds is 4. The van der Waals surface area contributed by atoms with E-state index in [-0.39, 0.29) is 17.2 Å². The fourth-order valence-electron chi connectivity index (χ4n) is 2.60. The monoisotopic (exact) mass is 301 g/mol. The molecule has 1 saturated carbocycles. The zero-order valence-corrected chi connectivity index (χ0v) is 12.0. The SMILES string of the molecule is O=C(NCC1CCCC1CCl)c1ccc(Cl)cc1O. The molecular weight excluding hydrogens is 285 g/mol. The van der Waals surface area contributed by atoms with E-state index in [1.807, 2.05) is 0 Å². The van der Waals surface area contributed by atoms with Gasteiger partial charge < -0.3 is 10.4 Å². The van der Waals surface area contributed by atoms with Crippen molar-refractivity contribution in [3.05, 3.63) is 28.8 Å². The van der Waals surface area contributed by atoms with Gasteiger partial charge in [-0.1, -0.05) is 18.0 Å². The third kappa shape index (κ3) is 3.54. The molecule has 2 unspecified atom stereocenters. The van der Waals surface area contributed by atoms with Crippen molar-refractivity contribution in [1.82, 2.24) is 5.32 Å². The second-order valence-corrected chi connectivity index (χ2v) is 5.72. The van der Waals surface area contributed by atoms with E-state index < -0.39 is 0 Å². The summed E-state index contributed by atoms with van der Waals surface area (Å²) in [5, 5.41) is 13.0. The lowest BCUT2D eigenvalue weighted by atomic mass is 9.98. The molecule has 5 heteroatoms. The van der Waals surface area contributed by atoms with Crippen molar-refractivity contribution in [2.45, 2.75) is 19.3 Å². The average Bonchev–Trinajstić information content (AvgIpc) is 2.83. The first kappa shape index (κ1) is 14.5. The minimum Gasteiger partial charge on any atom is -0.507 e. The Bertz CT molecular complexity index is 465. The zero-order chi connectivity index (χ0) is 13.8. The number of hydrogen-bond donors (Lipinski definition) is 2. The molecule has 0 heterocycles. The lowest BCUT2D eigenvalue weighted by Gasteiger charge is -2.17. The number of benzene rings is 1. The highest BCUT2D eigenvalue weighted by atomic mass is 35.5. The molecule has 0 aliphatic heterocycles. The number of nitrogens with one attached hydrogen (secondary N) is 1. The van der Waals surface area contributed by atoms with Crippen LogP contribution in [0.1, 0.15) is 29.6 Å². The van der Waals surface area contributed by atoms with E-state index in [1.54, 1.807) is 6.07 Å². The normalized spacial score (nSPS) is 22.4. The van der Waals surface area contributed by atoms with Crippen molar-refractivity contribution in [3.8, 4) is 5.75 Å². The predicted octanol–water partition coefficient (Wildman–Crippen LogP) is 3.43. The first-order valence-corrected chi connectivity index (χ1v) is 7.35. The van der Waals surface area contributed by atoms with Crippen LogP contribution in [-0.4, -0.2) is 23.4 Å². The van der Waals surface area contributed by atoms with Crippen LogP contribution in [0.2, 0.25) is 5.02 Å². The summed E-state index contributed by atoms with van der Waals surface area (Å²) in [4.78, 5) is 12.0. The molecular formula is C14H17Cl2NO2. The summed E-state index contributed by atoms with van der Waals surface area (Å²) in [5.74, 6) is 1.21. The fourth-order valence-corrected chi connectivity index (χ4v) is 3.17. The van der Waals surface area contributed by atoms with Crippen LogP contribution in [0, 0.1) is 11.8 Å². The lowest BCUT2D eigenvalue weighted by molar-refractivity contribution is 0.0942. The lowest BCUT2D eigenvalue weighted by Crippen LogP contribution is -2.31. The van der Waals surface area contributed by atoms with Crippen LogP contribution in [0.4, 0.5) is 0 Å². The van der Waals surface area contributed by atoms with E-state index in [1.165, 1.54) is 18.6 Å². The smallest absolute Gasteiger partial charge is 0.255 e. The Morgan fingerprint density at radius 2 is 2.11 bits per heavy atom. The highest BCUT2D eigenvalue weighted by Gasteiger charge is 2.26. The molecule has 2 atom stereocenters. The molecule has 1 aromatic carbocycles.